The van der Waals surface area contributed by atoms with Gasteiger partial charge < -0.3 is 5.32 Å². The van der Waals surface area contributed by atoms with Crippen LogP contribution in [0.4, 0.5) is 8.78 Å². The second-order valence-corrected chi connectivity index (χ2v) is 3.18. The van der Waals surface area contributed by atoms with Crippen molar-refractivity contribution >= 4 is 11.6 Å². The van der Waals surface area contributed by atoms with E-state index in [2.05, 4.69) is 5.32 Å². The third kappa shape index (κ3) is 2.39. The zero-order chi connectivity index (χ0) is 7.56. The predicted molar refractivity (Wildman–Crippen MR) is 36.7 cm³/mol. The number of hydrogen-bond acceptors (Lipinski definition) is 1. The van der Waals surface area contributed by atoms with Crippen molar-refractivity contribution in [1.82, 2.24) is 5.32 Å². The van der Waals surface area contributed by atoms with Crippen LogP contribution in [0, 0.1) is 0 Å². The van der Waals surface area contributed by atoms with Gasteiger partial charge in [0.2, 0.25) is 0 Å². The SMILES string of the molecule is FC(F)CNC1CC(Cl)C1. The number of hydrogen-bond donors (Lipinski definition) is 1. The van der Waals surface area contributed by atoms with E-state index in [1.165, 1.54) is 0 Å². The van der Waals surface area contributed by atoms with E-state index >= 15 is 0 Å². The molecule has 0 aromatic carbocycles. The molecule has 0 atom stereocenters. The average molecular weight is 170 g/mol. The number of halogens is 3. The largest absolute Gasteiger partial charge is 0.309 e. The molecule has 4 heteroatoms. The summed E-state index contributed by atoms with van der Waals surface area (Å²) in [7, 11) is 0. The van der Waals surface area contributed by atoms with Crippen molar-refractivity contribution in [3.8, 4) is 0 Å². The zero-order valence-electron chi connectivity index (χ0n) is 5.49. The third-order valence-electron chi connectivity index (χ3n) is 1.64. The first-order valence-electron chi connectivity index (χ1n) is 3.34. The Morgan fingerprint density at radius 1 is 1.50 bits per heavy atom. The minimum Gasteiger partial charge on any atom is -0.309 e. The molecule has 1 aliphatic carbocycles. The fourth-order valence-electron chi connectivity index (χ4n) is 0.971. The van der Waals surface area contributed by atoms with E-state index < -0.39 is 6.43 Å². The molecule has 0 aromatic rings. The first-order chi connectivity index (χ1) is 4.68. The van der Waals surface area contributed by atoms with Crippen LogP contribution >= 0.6 is 11.6 Å². The second-order valence-electron chi connectivity index (χ2n) is 2.56. The van der Waals surface area contributed by atoms with Crippen LogP contribution in [0.1, 0.15) is 12.8 Å². The molecule has 0 radical (unpaired) electrons. The van der Waals surface area contributed by atoms with Gasteiger partial charge in [0.05, 0.1) is 6.54 Å². The molecular formula is C6H10ClF2N. The maximum absolute atomic E-state index is 11.6. The van der Waals surface area contributed by atoms with Gasteiger partial charge in [-0.2, -0.15) is 0 Å². The number of nitrogens with one attached hydrogen (secondary N) is 1. The van der Waals surface area contributed by atoms with Gasteiger partial charge in [-0.15, -0.1) is 11.6 Å². The molecule has 1 saturated carbocycles. The topological polar surface area (TPSA) is 12.0 Å². The smallest absolute Gasteiger partial charge is 0.250 e. The molecule has 0 heterocycles. The molecule has 0 unspecified atom stereocenters. The Hall–Kier alpha value is 0.110. The Bertz CT molecular complexity index is 104. The van der Waals surface area contributed by atoms with Crippen molar-refractivity contribution in [2.24, 2.45) is 0 Å². The van der Waals surface area contributed by atoms with Crippen LogP contribution in [-0.4, -0.2) is 24.4 Å². The lowest BCUT2D eigenvalue weighted by molar-refractivity contribution is 0.134. The quantitative estimate of drug-likeness (QED) is 0.633. The van der Waals surface area contributed by atoms with E-state index in [0.29, 0.717) is 0 Å². The highest BCUT2D eigenvalue weighted by molar-refractivity contribution is 6.21. The molecule has 1 fully saturated rings. The minimum atomic E-state index is -2.24. The van der Waals surface area contributed by atoms with Crippen LogP contribution in [0.2, 0.25) is 0 Å². The maximum Gasteiger partial charge on any atom is 0.250 e. The van der Waals surface area contributed by atoms with Crippen molar-refractivity contribution in [1.29, 1.82) is 0 Å². The third-order valence-corrected chi connectivity index (χ3v) is 2.00. The average Bonchev–Trinajstić information content (AvgIpc) is 1.77. The van der Waals surface area contributed by atoms with E-state index in [1.54, 1.807) is 0 Å². The van der Waals surface area contributed by atoms with Gasteiger partial charge in [-0.25, -0.2) is 8.78 Å². The predicted octanol–water partition coefficient (Wildman–Crippen LogP) is 1.61. The second kappa shape index (κ2) is 3.49. The Kier molecular flexibility index (Phi) is 2.86. The van der Waals surface area contributed by atoms with Gasteiger partial charge >= 0.3 is 0 Å². The first-order valence-corrected chi connectivity index (χ1v) is 3.77. The van der Waals surface area contributed by atoms with Crippen molar-refractivity contribution in [3.05, 3.63) is 0 Å². The molecule has 1 rings (SSSR count). The minimum absolute atomic E-state index is 0.200. The van der Waals surface area contributed by atoms with Gasteiger partial charge in [-0.3, -0.25) is 0 Å². The Labute approximate surface area is 63.7 Å². The zero-order valence-corrected chi connectivity index (χ0v) is 6.24. The summed E-state index contributed by atoms with van der Waals surface area (Å²) in [6.07, 6.45) is -0.586. The molecule has 1 N–H and O–H groups in total. The van der Waals surface area contributed by atoms with E-state index in [9.17, 15) is 8.78 Å². The summed E-state index contributed by atoms with van der Waals surface area (Å²) in [5, 5.41) is 2.92. The number of rotatable bonds is 3. The highest BCUT2D eigenvalue weighted by Gasteiger charge is 2.26. The van der Waals surface area contributed by atoms with Crippen LogP contribution in [0.3, 0.4) is 0 Å². The van der Waals surface area contributed by atoms with Gasteiger partial charge in [0.25, 0.3) is 6.43 Å². The van der Waals surface area contributed by atoms with Gasteiger partial charge in [-0.05, 0) is 12.8 Å². The molecule has 0 aromatic heterocycles. The summed E-state index contributed by atoms with van der Waals surface area (Å²) in [6, 6.07) is 0.233. The Morgan fingerprint density at radius 2 is 2.10 bits per heavy atom. The molecule has 0 spiro atoms. The van der Waals surface area contributed by atoms with Gasteiger partial charge in [0.15, 0.2) is 0 Å². The molecule has 0 amide bonds. The van der Waals surface area contributed by atoms with Gasteiger partial charge in [0, 0.05) is 11.4 Å². The monoisotopic (exact) mass is 169 g/mol. The summed E-state index contributed by atoms with van der Waals surface area (Å²) >= 11 is 5.63. The molecule has 0 bridgehead atoms. The Balaban J connectivity index is 1.95. The molecular weight excluding hydrogens is 160 g/mol. The fourth-order valence-corrected chi connectivity index (χ4v) is 1.40. The lowest BCUT2D eigenvalue weighted by Gasteiger charge is -2.31. The summed E-state index contributed by atoms with van der Waals surface area (Å²) in [5.41, 5.74) is 0. The van der Waals surface area contributed by atoms with Crippen LogP contribution in [0.25, 0.3) is 0 Å². The van der Waals surface area contributed by atoms with E-state index in [-0.39, 0.29) is 18.0 Å². The van der Waals surface area contributed by atoms with Crippen molar-refractivity contribution in [2.75, 3.05) is 6.54 Å². The fraction of sp³-hybridized carbons (Fsp3) is 1.00. The highest BCUT2D eigenvalue weighted by Crippen LogP contribution is 2.25. The van der Waals surface area contributed by atoms with Gasteiger partial charge in [-0.1, -0.05) is 0 Å². The van der Waals surface area contributed by atoms with E-state index in [1.807, 2.05) is 0 Å². The Morgan fingerprint density at radius 3 is 2.50 bits per heavy atom. The van der Waals surface area contributed by atoms with Crippen molar-refractivity contribution in [2.45, 2.75) is 30.7 Å². The van der Waals surface area contributed by atoms with Crippen LogP contribution < -0.4 is 5.32 Å². The lowest BCUT2D eigenvalue weighted by atomic mass is 9.92. The van der Waals surface area contributed by atoms with Crippen molar-refractivity contribution < 1.29 is 8.78 Å². The first kappa shape index (κ1) is 8.21. The summed E-state index contributed by atoms with van der Waals surface area (Å²) in [4.78, 5) is 0. The van der Waals surface area contributed by atoms with Crippen LogP contribution in [0.5, 0.6) is 0 Å². The highest BCUT2D eigenvalue weighted by atomic mass is 35.5. The standard InChI is InChI=1S/C6H10ClF2N/c7-4-1-5(2-4)10-3-6(8)9/h4-6,10H,1-3H2. The van der Waals surface area contributed by atoms with Crippen molar-refractivity contribution in [3.63, 3.8) is 0 Å². The lowest BCUT2D eigenvalue weighted by Crippen LogP contribution is -2.43. The molecule has 0 saturated heterocycles. The normalized spacial score (nSPS) is 32.4. The van der Waals surface area contributed by atoms with E-state index in [4.69, 9.17) is 11.6 Å². The summed E-state index contributed by atoms with van der Waals surface area (Å²) in [6.45, 7) is -0.200. The molecule has 1 nitrogen and oxygen atoms in total. The molecule has 1 aliphatic rings. The summed E-state index contributed by atoms with van der Waals surface area (Å²) < 4.78 is 23.1. The molecule has 10 heavy (non-hydrogen) atoms. The van der Waals surface area contributed by atoms with Crippen LogP contribution in [-0.2, 0) is 0 Å². The van der Waals surface area contributed by atoms with Crippen LogP contribution in [0.15, 0.2) is 0 Å². The molecule has 0 aliphatic heterocycles. The molecule has 60 valence electrons. The number of alkyl halides is 3. The van der Waals surface area contributed by atoms with E-state index in [0.717, 1.165) is 12.8 Å². The van der Waals surface area contributed by atoms with Gasteiger partial charge in [0.1, 0.15) is 0 Å². The summed E-state index contributed by atoms with van der Waals surface area (Å²) in [5.74, 6) is 0. The maximum atomic E-state index is 11.6.